The zero-order valence-corrected chi connectivity index (χ0v) is 15.8. The third-order valence-electron chi connectivity index (χ3n) is 4.47. The molecule has 142 valence electrons. The zero-order chi connectivity index (χ0) is 19.7. The molecule has 4 rings (SSSR count). The van der Waals surface area contributed by atoms with E-state index >= 15 is 0 Å². The Morgan fingerprint density at radius 1 is 1.29 bits per heavy atom. The molecule has 0 spiro atoms. The fourth-order valence-corrected chi connectivity index (χ4v) is 4.20. The van der Waals surface area contributed by atoms with Crippen molar-refractivity contribution in [3.8, 4) is 11.4 Å². The smallest absolute Gasteiger partial charge is 0.335 e. The van der Waals surface area contributed by atoms with Crippen molar-refractivity contribution in [2.24, 2.45) is 0 Å². The molecule has 0 unspecified atom stereocenters. The van der Waals surface area contributed by atoms with Crippen LogP contribution in [-0.4, -0.2) is 39.6 Å². The summed E-state index contributed by atoms with van der Waals surface area (Å²) in [6.07, 6.45) is 1.74. The molecule has 8 heteroatoms. The van der Waals surface area contributed by atoms with E-state index in [2.05, 4.69) is 10.4 Å². The first-order valence-corrected chi connectivity index (χ1v) is 9.59. The summed E-state index contributed by atoms with van der Waals surface area (Å²) in [6.45, 7) is 0. The number of carboxylic acid groups (broad SMARTS) is 1. The molecule has 1 aromatic heterocycles. The number of aromatic nitrogens is 2. The van der Waals surface area contributed by atoms with E-state index < -0.39 is 5.97 Å². The number of ether oxygens (including phenoxy) is 1. The van der Waals surface area contributed by atoms with Crippen molar-refractivity contribution in [1.82, 2.24) is 9.78 Å². The summed E-state index contributed by atoms with van der Waals surface area (Å²) in [5.74, 6) is 0.550. The summed E-state index contributed by atoms with van der Waals surface area (Å²) >= 11 is 1.52. The molecule has 2 heterocycles. The van der Waals surface area contributed by atoms with Gasteiger partial charge in [-0.05, 0) is 42.0 Å². The van der Waals surface area contributed by atoms with Crippen LogP contribution in [0.3, 0.4) is 0 Å². The second kappa shape index (κ2) is 7.40. The van der Waals surface area contributed by atoms with Crippen molar-refractivity contribution in [2.45, 2.75) is 5.25 Å². The highest BCUT2D eigenvalue weighted by molar-refractivity contribution is 8.00. The summed E-state index contributed by atoms with van der Waals surface area (Å²) in [4.78, 5) is 23.4. The third kappa shape index (κ3) is 3.34. The van der Waals surface area contributed by atoms with Crippen molar-refractivity contribution in [3.63, 3.8) is 0 Å². The summed E-state index contributed by atoms with van der Waals surface area (Å²) in [6, 6.07) is 14.1. The molecule has 7 nitrogen and oxygen atoms in total. The number of carbonyl (C=O) groups excluding carboxylic acids is 1. The van der Waals surface area contributed by atoms with Crippen molar-refractivity contribution in [1.29, 1.82) is 0 Å². The molecule has 0 radical (unpaired) electrons. The van der Waals surface area contributed by atoms with Crippen LogP contribution in [0, 0.1) is 0 Å². The highest BCUT2D eigenvalue weighted by atomic mass is 32.2. The number of carbonyl (C=O) groups is 2. The first-order valence-electron chi connectivity index (χ1n) is 8.54. The fourth-order valence-electron chi connectivity index (χ4n) is 3.12. The lowest BCUT2D eigenvalue weighted by atomic mass is 10.1. The van der Waals surface area contributed by atoms with E-state index in [4.69, 9.17) is 9.84 Å². The van der Waals surface area contributed by atoms with Gasteiger partial charge in [0, 0.05) is 5.56 Å². The van der Waals surface area contributed by atoms with Crippen LogP contribution in [0.2, 0.25) is 0 Å². The van der Waals surface area contributed by atoms with E-state index in [0.717, 1.165) is 16.9 Å². The number of benzene rings is 2. The minimum absolute atomic E-state index is 0.0870. The van der Waals surface area contributed by atoms with Gasteiger partial charge in [0.2, 0.25) is 5.91 Å². The van der Waals surface area contributed by atoms with Crippen LogP contribution in [0.25, 0.3) is 5.69 Å². The van der Waals surface area contributed by atoms with Crippen molar-refractivity contribution >= 4 is 29.5 Å². The number of thioether (sulfide) groups is 1. The Bertz CT molecular complexity index is 1050. The van der Waals surface area contributed by atoms with Gasteiger partial charge in [0.05, 0.1) is 35.6 Å². The summed E-state index contributed by atoms with van der Waals surface area (Å²) < 4.78 is 6.95. The summed E-state index contributed by atoms with van der Waals surface area (Å²) in [7, 11) is 1.62. The van der Waals surface area contributed by atoms with Gasteiger partial charge in [-0.3, -0.25) is 4.79 Å². The Morgan fingerprint density at radius 3 is 2.79 bits per heavy atom. The third-order valence-corrected chi connectivity index (χ3v) is 5.76. The number of carboxylic acids is 1. The highest BCUT2D eigenvalue weighted by Crippen LogP contribution is 2.42. The molecule has 0 aliphatic carbocycles. The predicted octanol–water partition coefficient (Wildman–Crippen LogP) is 3.35. The van der Waals surface area contributed by atoms with Crippen LogP contribution in [0.5, 0.6) is 5.75 Å². The lowest BCUT2D eigenvalue weighted by molar-refractivity contribution is -0.113. The molecule has 1 atom stereocenters. The minimum Gasteiger partial charge on any atom is -0.497 e. The number of hydrogen-bond donors (Lipinski definition) is 2. The van der Waals surface area contributed by atoms with Gasteiger partial charge in [0.25, 0.3) is 0 Å². The Kier molecular flexibility index (Phi) is 4.79. The van der Waals surface area contributed by atoms with Crippen LogP contribution in [0.4, 0.5) is 5.82 Å². The molecule has 0 saturated heterocycles. The van der Waals surface area contributed by atoms with Gasteiger partial charge in [-0.2, -0.15) is 5.10 Å². The molecule has 0 fully saturated rings. The number of anilines is 1. The van der Waals surface area contributed by atoms with Crippen LogP contribution < -0.4 is 10.1 Å². The first-order chi connectivity index (χ1) is 13.6. The number of fused-ring (bicyclic) bond motifs is 1. The molecular weight excluding hydrogens is 378 g/mol. The van der Waals surface area contributed by atoms with Crippen molar-refractivity contribution < 1.29 is 19.4 Å². The van der Waals surface area contributed by atoms with E-state index in [1.54, 1.807) is 30.1 Å². The number of nitrogens with zero attached hydrogens (tertiary/aromatic N) is 2. The number of hydrogen-bond acceptors (Lipinski definition) is 5. The fraction of sp³-hybridized carbons (Fsp3) is 0.150. The standard InChI is InChI=1S/C20H17N3O4S/c1-27-15-4-2-3-13(9-15)18-16-10-21-23(19(16)22-17(24)11-28-18)14-7-5-12(6-8-14)20(25)26/h2-10,18H,11H2,1H3,(H,22,24)(H,25,26)/t18-/m1/s1. The lowest BCUT2D eigenvalue weighted by Gasteiger charge is -2.15. The van der Waals surface area contributed by atoms with E-state index in [1.807, 2.05) is 24.3 Å². The zero-order valence-electron chi connectivity index (χ0n) is 15.0. The lowest BCUT2D eigenvalue weighted by Crippen LogP contribution is -2.15. The van der Waals surface area contributed by atoms with Crippen LogP contribution in [0.15, 0.2) is 54.7 Å². The number of aromatic carboxylic acids is 1. The Hall–Kier alpha value is -3.26. The maximum atomic E-state index is 12.3. The molecule has 28 heavy (non-hydrogen) atoms. The van der Waals surface area contributed by atoms with Crippen LogP contribution >= 0.6 is 11.8 Å². The molecule has 2 N–H and O–H groups in total. The Balaban J connectivity index is 1.78. The van der Waals surface area contributed by atoms with Gasteiger partial charge in [-0.1, -0.05) is 12.1 Å². The van der Waals surface area contributed by atoms with Crippen LogP contribution in [0.1, 0.15) is 26.7 Å². The average molecular weight is 395 g/mol. The monoisotopic (exact) mass is 395 g/mol. The molecule has 0 bridgehead atoms. The maximum Gasteiger partial charge on any atom is 0.335 e. The normalized spacial score (nSPS) is 16.0. The van der Waals surface area contributed by atoms with Crippen molar-refractivity contribution in [2.75, 3.05) is 18.2 Å². The largest absolute Gasteiger partial charge is 0.497 e. The molecule has 1 amide bonds. The minimum atomic E-state index is -0.992. The van der Waals surface area contributed by atoms with E-state index in [-0.39, 0.29) is 16.7 Å². The second-order valence-corrected chi connectivity index (χ2v) is 7.32. The quantitative estimate of drug-likeness (QED) is 0.704. The second-order valence-electron chi connectivity index (χ2n) is 6.23. The summed E-state index contributed by atoms with van der Waals surface area (Å²) in [5, 5.41) is 16.4. The van der Waals surface area contributed by atoms with E-state index in [9.17, 15) is 9.59 Å². The first kappa shape index (κ1) is 18.1. The van der Waals surface area contributed by atoms with E-state index in [1.165, 1.54) is 23.9 Å². The molecular formula is C20H17N3O4S. The number of methoxy groups -OCH3 is 1. The van der Waals surface area contributed by atoms with Gasteiger partial charge in [-0.25, -0.2) is 9.48 Å². The molecule has 2 aromatic carbocycles. The van der Waals surface area contributed by atoms with Crippen molar-refractivity contribution in [3.05, 3.63) is 71.4 Å². The SMILES string of the molecule is COc1cccc([C@H]2SCC(=O)Nc3c2cnn3-c2ccc(C(=O)O)cc2)c1. The Morgan fingerprint density at radius 2 is 2.07 bits per heavy atom. The highest BCUT2D eigenvalue weighted by Gasteiger charge is 2.28. The van der Waals surface area contributed by atoms with Gasteiger partial charge in [-0.15, -0.1) is 11.8 Å². The number of nitrogens with one attached hydrogen (secondary N) is 1. The van der Waals surface area contributed by atoms with Gasteiger partial charge in [0.15, 0.2) is 0 Å². The summed E-state index contributed by atoms with van der Waals surface area (Å²) in [5.41, 5.74) is 2.76. The average Bonchev–Trinajstić information content (AvgIpc) is 3.03. The Labute approximate surface area is 165 Å². The molecule has 0 saturated carbocycles. The number of rotatable bonds is 4. The molecule has 1 aliphatic rings. The number of amides is 1. The van der Waals surface area contributed by atoms with Gasteiger partial charge in [0.1, 0.15) is 11.6 Å². The molecule has 3 aromatic rings. The van der Waals surface area contributed by atoms with Gasteiger partial charge < -0.3 is 15.2 Å². The molecule has 1 aliphatic heterocycles. The predicted molar refractivity (Wildman–Crippen MR) is 106 cm³/mol. The maximum absolute atomic E-state index is 12.3. The van der Waals surface area contributed by atoms with Crippen LogP contribution in [-0.2, 0) is 4.79 Å². The topological polar surface area (TPSA) is 93.5 Å². The van der Waals surface area contributed by atoms with Gasteiger partial charge >= 0.3 is 5.97 Å². The van der Waals surface area contributed by atoms with E-state index in [0.29, 0.717) is 17.3 Å².